The molecule has 10 heteroatoms. The largest absolute Gasteiger partial charge is 0.480 e. The van der Waals surface area contributed by atoms with Crippen molar-refractivity contribution in [1.29, 1.82) is 0 Å². The van der Waals surface area contributed by atoms with Crippen LogP contribution in [-0.4, -0.2) is 35.5 Å². The predicted octanol–water partition coefficient (Wildman–Crippen LogP) is 0.191. The number of aromatic amines is 2. The molecule has 4 N–H and O–H groups in total. The molecule has 1 heterocycles. The van der Waals surface area contributed by atoms with Crippen molar-refractivity contribution in [2.45, 2.75) is 17.4 Å². The topological polar surface area (TPSA) is 149 Å². The molecule has 1 aromatic heterocycles. The first-order valence-corrected chi connectivity index (χ1v) is 9.30. The quantitative estimate of drug-likeness (QED) is 0.442. The van der Waals surface area contributed by atoms with Crippen molar-refractivity contribution in [3.8, 4) is 0 Å². The molecular formula is C17H15N3O6S. The summed E-state index contributed by atoms with van der Waals surface area (Å²) in [5, 5.41) is 9.37. The van der Waals surface area contributed by atoms with E-state index in [4.69, 9.17) is 0 Å². The third-order valence-electron chi connectivity index (χ3n) is 3.88. The lowest BCUT2D eigenvalue weighted by Crippen LogP contribution is -2.42. The summed E-state index contributed by atoms with van der Waals surface area (Å²) in [6.07, 6.45) is -0.0346. The van der Waals surface area contributed by atoms with Crippen LogP contribution < -0.4 is 15.8 Å². The highest BCUT2D eigenvalue weighted by Crippen LogP contribution is 2.15. The minimum Gasteiger partial charge on any atom is -0.480 e. The number of carboxylic acid groups (broad SMARTS) is 1. The van der Waals surface area contributed by atoms with Crippen molar-refractivity contribution in [3.05, 3.63) is 74.8 Å². The van der Waals surface area contributed by atoms with Crippen LogP contribution in [-0.2, 0) is 21.2 Å². The fraction of sp³-hybridized carbons (Fsp3) is 0.118. The Hall–Kier alpha value is -3.24. The van der Waals surface area contributed by atoms with Gasteiger partial charge < -0.3 is 15.1 Å². The van der Waals surface area contributed by atoms with Crippen LogP contribution in [0.25, 0.3) is 11.0 Å². The summed E-state index contributed by atoms with van der Waals surface area (Å²) in [6.45, 7) is 0. The number of carboxylic acids is 1. The number of rotatable bonds is 6. The average molecular weight is 389 g/mol. The van der Waals surface area contributed by atoms with Gasteiger partial charge in [-0.2, -0.15) is 4.72 Å². The van der Waals surface area contributed by atoms with E-state index < -0.39 is 33.2 Å². The van der Waals surface area contributed by atoms with Crippen LogP contribution in [0.2, 0.25) is 0 Å². The van der Waals surface area contributed by atoms with Crippen LogP contribution in [0.4, 0.5) is 0 Å². The Morgan fingerprint density at radius 3 is 2.26 bits per heavy atom. The molecule has 9 nitrogen and oxygen atoms in total. The molecule has 0 saturated heterocycles. The van der Waals surface area contributed by atoms with E-state index in [1.54, 1.807) is 30.3 Å². The molecular weight excluding hydrogens is 374 g/mol. The van der Waals surface area contributed by atoms with Crippen LogP contribution in [0, 0.1) is 0 Å². The second-order valence-corrected chi connectivity index (χ2v) is 7.53. The van der Waals surface area contributed by atoms with Gasteiger partial charge in [-0.05, 0) is 30.2 Å². The van der Waals surface area contributed by atoms with Gasteiger partial charge in [0.2, 0.25) is 10.0 Å². The van der Waals surface area contributed by atoms with E-state index in [0.29, 0.717) is 5.56 Å². The molecule has 0 bridgehead atoms. The standard InChI is InChI=1S/C17H15N3O6S/c21-15-16(22)19-13-9-11(6-7-12(13)18-15)27(25,26)20-14(17(23)24)8-10-4-2-1-3-5-10/h1-7,9,14,20H,8H2,(H,18,21)(H,19,22)(H,23,24)/t14-/m1/s1. The van der Waals surface area contributed by atoms with Crippen molar-refractivity contribution >= 4 is 27.0 Å². The maximum Gasteiger partial charge on any atom is 0.322 e. The number of aromatic nitrogens is 2. The van der Waals surface area contributed by atoms with E-state index in [1.807, 2.05) is 0 Å². The van der Waals surface area contributed by atoms with E-state index >= 15 is 0 Å². The van der Waals surface area contributed by atoms with Gasteiger partial charge in [0.1, 0.15) is 6.04 Å². The summed E-state index contributed by atoms with van der Waals surface area (Å²) in [6, 6.07) is 10.9. The maximum absolute atomic E-state index is 12.6. The molecule has 3 aromatic rings. The number of nitrogens with one attached hydrogen (secondary N) is 3. The molecule has 0 radical (unpaired) electrons. The summed E-state index contributed by atoms with van der Waals surface area (Å²) in [7, 11) is -4.18. The minimum absolute atomic E-state index is 0.0346. The third kappa shape index (κ3) is 4.13. The fourth-order valence-electron chi connectivity index (χ4n) is 2.55. The number of aliphatic carboxylic acids is 1. The van der Waals surface area contributed by atoms with Gasteiger partial charge in [-0.15, -0.1) is 0 Å². The Balaban J connectivity index is 1.93. The Kier molecular flexibility index (Phi) is 4.93. The number of benzene rings is 2. The number of carbonyl (C=O) groups is 1. The molecule has 0 amide bonds. The Morgan fingerprint density at radius 1 is 1.00 bits per heavy atom. The molecule has 0 saturated carbocycles. The molecule has 140 valence electrons. The van der Waals surface area contributed by atoms with Gasteiger partial charge in [0.15, 0.2) is 0 Å². The van der Waals surface area contributed by atoms with Crippen molar-refractivity contribution < 1.29 is 18.3 Å². The van der Waals surface area contributed by atoms with Gasteiger partial charge in [-0.1, -0.05) is 30.3 Å². The van der Waals surface area contributed by atoms with Crippen molar-refractivity contribution in [2.24, 2.45) is 0 Å². The molecule has 2 aromatic carbocycles. The monoisotopic (exact) mass is 389 g/mol. The average Bonchev–Trinajstić information content (AvgIpc) is 2.62. The Bertz CT molecular complexity index is 1210. The SMILES string of the molecule is O=C(O)[C@@H](Cc1ccccc1)NS(=O)(=O)c1ccc2[nH]c(=O)c(=O)[nH]c2c1. The number of hydrogen-bond acceptors (Lipinski definition) is 5. The van der Waals surface area contributed by atoms with Gasteiger partial charge in [0.05, 0.1) is 15.9 Å². The van der Waals surface area contributed by atoms with Gasteiger partial charge in [-0.3, -0.25) is 14.4 Å². The van der Waals surface area contributed by atoms with E-state index in [1.165, 1.54) is 12.1 Å². The van der Waals surface area contributed by atoms with E-state index in [2.05, 4.69) is 14.7 Å². The normalized spacial score (nSPS) is 12.7. The highest BCUT2D eigenvalue weighted by molar-refractivity contribution is 7.89. The smallest absolute Gasteiger partial charge is 0.322 e. The van der Waals surface area contributed by atoms with E-state index in [-0.39, 0.29) is 22.3 Å². The van der Waals surface area contributed by atoms with Gasteiger partial charge >= 0.3 is 17.1 Å². The number of sulfonamides is 1. The zero-order valence-corrected chi connectivity index (χ0v) is 14.6. The fourth-order valence-corrected chi connectivity index (χ4v) is 3.76. The first-order valence-electron chi connectivity index (χ1n) is 7.82. The molecule has 0 unspecified atom stereocenters. The molecule has 0 aliphatic carbocycles. The minimum atomic E-state index is -4.18. The summed E-state index contributed by atoms with van der Waals surface area (Å²) in [5.74, 6) is -1.32. The molecule has 0 spiro atoms. The summed E-state index contributed by atoms with van der Waals surface area (Å²) in [4.78, 5) is 38.6. The highest BCUT2D eigenvalue weighted by Gasteiger charge is 2.26. The third-order valence-corrected chi connectivity index (χ3v) is 5.35. The van der Waals surface area contributed by atoms with Crippen LogP contribution in [0.1, 0.15) is 5.56 Å². The number of hydrogen-bond donors (Lipinski definition) is 4. The van der Waals surface area contributed by atoms with Crippen LogP contribution in [0.3, 0.4) is 0 Å². The Labute approximate surface area is 152 Å². The van der Waals surface area contributed by atoms with Crippen molar-refractivity contribution in [3.63, 3.8) is 0 Å². The maximum atomic E-state index is 12.6. The zero-order chi connectivity index (χ0) is 19.6. The lowest BCUT2D eigenvalue weighted by atomic mass is 10.1. The summed E-state index contributed by atoms with van der Waals surface area (Å²) >= 11 is 0. The number of H-pyrrole nitrogens is 2. The highest BCUT2D eigenvalue weighted by atomic mass is 32.2. The van der Waals surface area contributed by atoms with Crippen LogP contribution >= 0.6 is 0 Å². The second-order valence-electron chi connectivity index (χ2n) is 5.82. The molecule has 0 fully saturated rings. The summed E-state index contributed by atoms with van der Waals surface area (Å²) in [5.41, 5.74) is -0.759. The van der Waals surface area contributed by atoms with E-state index in [0.717, 1.165) is 6.07 Å². The molecule has 3 rings (SSSR count). The van der Waals surface area contributed by atoms with Gasteiger partial charge in [0, 0.05) is 0 Å². The lowest BCUT2D eigenvalue weighted by molar-refractivity contribution is -0.138. The molecule has 1 atom stereocenters. The van der Waals surface area contributed by atoms with Gasteiger partial charge in [-0.25, -0.2) is 8.42 Å². The molecule has 0 aliphatic heterocycles. The first kappa shape index (κ1) is 18.5. The van der Waals surface area contributed by atoms with Crippen molar-refractivity contribution in [2.75, 3.05) is 0 Å². The predicted molar refractivity (Wildman–Crippen MR) is 97.1 cm³/mol. The second kappa shape index (κ2) is 7.17. The van der Waals surface area contributed by atoms with Crippen molar-refractivity contribution in [1.82, 2.24) is 14.7 Å². The van der Waals surface area contributed by atoms with E-state index in [9.17, 15) is 27.9 Å². The summed E-state index contributed by atoms with van der Waals surface area (Å²) < 4.78 is 27.3. The lowest BCUT2D eigenvalue weighted by Gasteiger charge is -2.15. The first-order chi connectivity index (χ1) is 12.8. The van der Waals surface area contributed by atoms with Gasteiger partial charge in [0.25, 0.3) is 0 Å². The molecule has 27 heavy (non-hydrogen) atoms. The van der Waals surface area contributed by atoms with Crippen LogP contribution in [0.5, 0.6) is 0 Å². The molecule has 0 aliphatic rings. The van der Waals surface area contributed by atoms with Crippen LogP contribution in [0.15, 0.2) is 63.0 Å². The Morgan fingerprint density at radius 2 is 1.63 bits per heavy atom. The number of fused-ring (bicyclic) bond motifs is 1. The zero-order valence-electron chi connectivity index (χ0n) is 13.8.